The largest absolute Gasteiger partial charge is 0.383 e. The lowest BCUT2D eigenvalue weighted by Crippen LogP contribution is -2.34. The Kier molecular flexibility index (Phi) is 6.22. The zero-order valence-corrected chi connectivity index (χ0v) is 14.5. The van der Waals surface area contributed by atoms with Crippen molar-refractivity contribution < 1.29 is 9.53 Å². The van der Waals surface area contributed by atoms with E-state index in [0.29, 0.717) is 18.7 Å². The fourth-order valence-electron chi connectivity index (χ4n) is 2.88. The van der Waals surface area contributed by atoms with Gasteiger partial charge in [0.15, 0.2) is 0 Å². The smallest absolute Gasteiger partial charge is 0.251 e. The third kappa shape index (κ3) is 4.83. The van der Waals surface area contributed by atoms with E-state index < -0.39 is 0 Å². The standard InChI is InChI=1S/C19H28N2O2/c1-14-10-15(2)18(19(22)20-8-9-23-4)11-17(14)13-21(3)12-16-6-5-7-16/h10-11,13,16H,1,5-9,12H2,2-4H3,(H,20,22)/b17-13-. The molecule has 1 fully saturated rings. The Bertz CT molecular complexity index is 650. The van der Waals surface area contributed by atoms with Crippen LogP contribution in [0.2, 0.25) is 0 Å². The highest BCUT2D eigenvalue weighted by Gasteiger charge is 2.18. The summed E-state index contributed by atoms with van der Waals surface area (Å²) in [5.74, 6) is 0.752. The highest BCUT2D eigenvalue weighted by atomic mass is 16.5. The maximum absolute atomic E-state index is 12.3. The Morgan fingerprint density at radius 3 is 2.83 bits per heavy atom. The van der Waals surface area contributed by atoms with E-state index in [1.165, 1.54) is 19.3 Å². The number of aryl methyl sites for hydroxylation is 1. The van der Waals surface area contributed by atoms with Crippen molar-refractivity contribution in [3.8, 4) is 0 Å². The molecule has 23 heavy (non-hydrogen) atoms. The number of ether oxygens (including phenoxy) is 1. The summed E-state index contributed by atoms with van der Waals surface area (Å²) in [6, 6.07) is 3.92. The van der Waals surface area contributed by atoms with Gasteiger partial charge in [-0.15, -0.1) is 0 Å². The molecule has 1 aromatic rings. The molecule has 1 aromatic carbocycles. The first kappa shape index (κ1) is 17.5. The van der Waals surface area contributed by atoms with Gasteiger partial charge in [-0.05, 0) is 47.8 Å². The molecule has 0 saturated heterocycles. The summed E-state index contributed by atoms with van der Waals surface area (Å²) in [4.78, 5) is 14.5. The SMILES string of the molecule is C=c1cc(C)c(C(=O)NCCOC)c/c1=C/N(C)CC1CCC1. The molecule has 1 aliphatic rings. The van der Waals surface area contributed by atoms with Crippen molar-refractivity contribution in [2.75, 3.05) is 33.9 Å². The minimum absolute atomic E-state index is 0.0594. The number of carbonyl (C=O) groups is 1. The molecule has 0 unspecified atom stereocenters. The number of hydrogen-bond acceptors (Lipinski definition) is 3. The lowest BCUT2D eigenvalue weighted by molar-refractivity contribution is 0.0936. The topological polar surface area (TPSA) is 41.6 Å². The van der Waals surface area contributed by atoms with Crippen LogP contribution in [0.3, 0.4) is 0 Å². The zero-order valence-electron chi connectivity index (χ0n) is 14.5. The van der Waals surface area contributed by atoms with E-state index in [1.54, 1.807) is 7.11 Å². The van der Waals surface area contributed by atoms with E-state index in [9.17, 15) is 4.79 Å². The van der Waals surface area contributed by atoms with Crippen LogP contribution in [0, 0.1) is 12.8 Å². The number of benzene rings is 1. The molecule has 0 aromatic heterocycles. The molecular formula is C19H28N2O2. The van der Waals surface area contributed by atoms with Crippen molar-refractivity contribution in [2.45, 2.75) is 26.2 Å². The normalized spacial score (nSPS) is 15.3. The molecule has 0 radical (unpaired) electrons. The number of hydrogen-bond donors (Lipinski definition) is 1. The van der Waals surface area contributed by atoms with E-state index in [2.05, 4.69) is 30.0 Å². The lowest BCUT2D eigenvalue weighted by Gasteiger charge is -2.29. The minimum atomic E-state index is -0.0594. The van der Waals surface area contributed by atoms with Crippen molar-refractivity contribution in [3.63, 3.8) is 0 Å². The van der Waals surface area contributed by atoms with E-state index in [1.807, 2.05) is 19.1 Å². The van der Waals surface area contributed by atoms with Crippen molar-refractivity contribution >= 4 is 18.7 Å². The van der Waals surface area contributed by atoms with Gasteiger partial charge < -0.3 is 15.0 Å². The van der Waals surface area contributed by atoms with Gasteiger partial charge in [0.05, 0.1) is 6.61 Å². The molecular weight excluding hydrogens is 288 g/mol. The van der Waals surface area contributed by atoms with E-state index in [-0.39, 0.29) is 5.91 Å². The van der Waals surface area contributed by atoms with Crippen LogP contribution in [0.1, 0.15) is 35.2 Å². The molecule has 0 bridgehead atoms. The number of carbonyl (C=O) groups excluding carboxylic acids is 1. The van der Waals surface area contributed by atoms with Gasteiger partial charge in [-0.3, -0.25) is 4.79 Å². The van der Waals surface area contributed by atoms with E-state index >= 15 is 0 Å². The summed E-state index contributed by atoms with van der Waals surface area (Å²) in [5.41, 5.74) is 1.65. The average molecular weight is 316 g/mol. The maximum Gasteiger partial charge on any atom is 0.251 e. The van der Waals surface area contributed by atoms with Crippen molar-refractivity contribution in [3.05, 3.63) is 33.7 Å². The summed E-state index contributed by atoms with van der Waals surface area (Å²) in [6.45, 7) is 8.16. The summed E-state index contributed by atoms with van der Waals surface area (Å²) < 4.78 is 4.97. The van der Waals surface area contributed by atoms with Gasteiger partial charge in [-0.1, -0.05) is 19.1 Å². The number of rotatable bonds is 7. The molecule has 126 valence electrons. The Morgan fingerprint density at radius 2 is 2.22 bits per heavy atom. The van der Waals surface area contributed by atoms with Crippen LogP contribution in [-0.2, 0) is 4.74 Å². The van der Waals surface area contributed by atoms with Crippen molar-refractivity contribution in [1.29, 1.82) is 0 Å². The fraction of sp³-hybridized carbons (Fsp3) is 0.526. The number of methoxy groups -OCH3 is 1. The van der Waals surface area contributed by atoms with Gasteiger partial charge in [0.2, 0.25) is 0 Å². The van der Waals surface area contributed by atoms with E-state index in [4.69, 9.17) is 4.74 Å². The van der Waals surface area contributed by atoms with Crippen molar-refractivity contribution in [2.24, 2.45) is 5.92 Å². The lowest BCUT2D eigenvalue weighted by atomic mass is 9.85. The second-order valence-electron chi connectivity index (χ2n) is 6.48. The van der Waals surface area contributed by atoms with Gasteiger partial charge in [0.25, 0.3) is 5.91 Å². The molecule has 0 atom stereocenters. The predicted molar refractivity (Wildman–Crippen MR) is 94.6 cm³/mol. The summed E-state index contributed by atoms with van der Waals surface area (Å²) in [5, 5.41) is 4.84. The predicted octanol–water partition coefficient (Wildman–Crippen LogP) is 1.25. The molecule has 0 heterocycles. The number of nitrogens with zero attached hydrogens (tertiary/aromatic N) is 1. The second kappa shape index (κ2) is 8.16. The Morgan fingerprint density at radius 1 is 1.48 bits per heavy atom. The molecule has 1 saturated carbocycles. The number of amides is 1. The molecule has 0 aliphatic heterocycles. The van der Waals surface area contributed by atoms with Gasteiger partial charge in [-0.25, -0.2) is 0 Å². The first-order chi connectivity index (χ1) is 11.0. The number of nitrogens with one attached hydrogen (secondary N) is 1. The summed E-state index contributed by atoms with van der Waals surface area (Å²) in [7, 11) is 3.72. The third-order valence-corrected chi connectivity index (χ3v) is 4.45. The summed E-state index contributed by atoms with van der Waals surface area (Å²) >= 11 is 0. The molecule has 4 heteroatoms. The van der Waals surface area contributed by atoms with Crippen LogP contribution in [0.15, 0.2) is 12.1 Å². The maximum atomic E-state index is 12.3. The minimum Gasteiger partial charge on any atom is -0.383 e. The van der Waals surface area contributed by atoms with Gasteiger partial charge in [0, 0.05) is 39.0 Å². The molecule has 4 nitrogen and oxygen atoms in total. The van der Waals surface area contributed by atoms with E-state index in [0.717, 1.165) is 28.5 Å². The molecule has 1 N–H and O–H groups in total. The van der Waals surface area contributed by atoms with Crippen molar-refractivity contribution in [1.82, 2.24) is 10.2 Å². The van der Waals surface area contributed by atoms with Crippen LogP contribution < -0.4 is 15.8 Å². The Hall–Kier alpha value is -1.81. The van der Waals surface area contributed by atoms with Crippen LogP contribution in [-0.4, -0.2) is 44.7 Å². The zero-order chi connectivity index (χ0) is 16.8. The van der Waals surface area contributed by atoms with Crippen LogP contribution in [0.25, 0.3) is 12.8 Å². The highest BCUT2D eigenvalue weighted by Crippen LogP contribution is 2.26. The van der Waals surface area contributed by atoms with Crippen LogP contribution in [0.4, 0.5) is 0 Å². The highest BCUT2D eigenvalue weighted by molar-refractivity contribution is 5.95. The molecule has 0 spiro atoms. The first-order valence-corrected chi connectivity index (χ1v) is 8.30. The molecule has 1 aliphatic carbocycles. The van der Waals surface area contributed by atoms with Crippen LogP contribution in [0.5, 0.6) is 0 Å². The second-order valence-corrected chi connectivity index (χ2v) is 6.48. The molecule has 2 rings (SSSR count). The van der Waals surface area contributed by atoms with Gasteiger partial charge in [0.1, 0.15) is 0 Å². The third-order valence-electron chi connectivity index (χ3n) is 4.45. The van der Waals surface area contributed by atoms with Crippen LogP contribution >= 0.6 is 0 Å². The quantitative estimate of drug-likeness (QED) is 0.770. The Balaban J connectivity index is 2.17. The fourth-order valence-corrected chi connectivity index (χ4v) is 2.88. The molecule has 1 amide bonds. The van der Waals surface area contributed by atoms with Gasteiger partial charge in [-0.2, -0.15) is 0 Å². The summed E-state index contributed by atoms with van der Waals surface area (Å²) in [6.07, 6.45) is 6.12. The Labute approximate surface area is 138 Å². The van der Waals surface area contributed by atoms with Gasteiger partial charge >= 0.3 is 0 Å². The first-order valence-electron chi connectivity index (χ1n) is 8.30. The monoisotopic (exact) mass is 316 g/mol. The average Bonchev–Trinajstić information content (AvgIpc) is 2.46.